The lowest BCUT2D eigenvalue weighted by Crippen LogP contribution is -2.59. The fourth-order valence-electron chi connectivity index (χ4n) is 8.09. The van der Waals surface area contributed by atoms with Crippen molar-refractivity contribution in [2.75, 3.05) is 24.6 Å². The molecule has 50 heavy (non-hydrogen) atoms. The Balaban J connectivity index is 1.34. The van der Waals surface area contributed by atoms with Crippen LogP contribution < -0.4 is 10.2 Å². The SMILES string of the molecule is CC[C@H](C)[C@H](CO)N1C(=O)[C@H]2[C@@H]3C(=O)O[C@@H](c4ccccc4)CNC(=O)CC/C=C\[C@@H]3O[C@]23C=CCN(c2ccc4ccccc4c2)C(=O)[C@H]13. The molecule has 0 aromatic heterocycles. The second kappa shape index (κ2) is 13.8. The molecular weight excluding hydrogens is 634 g/mol. The maximum atomic E-state index is 15.0. The lowest BCUT2D eigenvalue weighted by atomic mass is 9.77. The summed E-state index contributed by atoms with van der Waals surface area (Å²) in [6.45, 7) is 3.85. The minimum absolute atomic E-state index is 0.0642. The number of fused-ring (bicyclic) bond motifs is 3. The van der Waals surface area contributed by atoms with Crippen molar-refractivity contribution in [1.82, 2.24) is 10.2 Å². The van der Waals surface area contributed by atoms with Crippen molar-refractivity contribution in [2.45, 2.75) is 63.0 Å². The highest BCUT2D eigenvalue weighted by Crippen LogP contribution is 2.54. The summed E-state index contributed by atoms with van der Waals surface area (Å²) in [6.07, 6.45) is 6.70. The van der Waals surface area contributed by atoms with Crippen LogP contribution in [0.3, 0.4) is 0 Å². The van der Waals surface area contributed by atoms with E-state index in [0.717, 1.165) is 10.8 Å². The Morgan fingerprint density at radius 2 is 1.72 bits per heavy atom. The van der Waals surface area contributed by atoms with Crippen molar-refractivity contribution in [3.05, 3.63) is 103 Å². The Kier molecular flexibility index (Phi) is 9.32. The summed E-state index contributed by atoms with van der Waals surface area (Å²) in [5.74, 6) is -3.95. The van der Waals surface area contributed by atoms with Crippen LogP contribution in [0.4, 0.5) is 5.69 Å². The predicted molar refractivity (Wildman–Crippen MR) is 188 cm³/mol. The maximum absolute atomic E-state index is 15.0. The number of nitrogens with zero attached hydrogens (tertiary/aromatic N) is 2. The van der Waals surface area contributed by atoms with Crippen LogP contribution in [0.15, 0.2) is 97.1 Å². The third kappa shape index (κ3) is 5.80. The van der Waals surface area contributed by atoms with Gasteiger partial charge in [0.1, 0.15) is 23.7 Å². The summed E-state index contributed by atoms with van der Waals surface area (Å²) in [6, 6.07) is 21.0. The molecule has 3 amide bonds. The topological polar surface area (TPSA) is 125 Å². The second-order valence-corrected chi connectivity index (χ2v) is 13.7. The summed E-state index contributed by atoms with van der Waals surface area (Å²) < 4.78 is 13.0. The van der Waals surface area contributed by atoms with E-state index in [4.69, 9.17) is 9.47 Å². The summed E-state index contributed by atoms with van der Waals surface area (Å²) in [7, 11) is 0. The number of amides is 3. The Hall–Kier alpha value is -4.80. The number of ether oxygens (including phenoxy) is 2. The molecule has 0 aliphatic carbocycles. The van der Waals surface area contributed by atoms with Crippen LogP contribution >= 0.6 is 0 Å². The van der Waals surface area contributed by atoms with E-state index in [2.05, 4.69) is 5.32 Å². The molecule has 3 aromatic rings. The Morgan fingerprint density at radius 3 is 2.48 bits per heavy atom. The van der Waals surface area contributed by atoms with E-state index >= 15 is 4.79 Å². The molecule has 260 valence electrons. The van der Waals surface area contributed by atoms with Crippen LogP contribution in [0.25, 0.3) is 10.8 Å². The smallest absolute Gasteiger partial charge is 0.313 e. The van der Waals surface area contributed by atoms with Crippen molar-refractivity contribution >= 4 is 40.2 Å². The first kappa shape index (κ1) is 33.7. The number of nitrogens with one attached hydrogen (secondary N) is 1. The van der Waals surface area contributed by atoms with Gasteiger partial charge in [-0.15, -0.1) is 0 Å². The van der Waals surface area contributed by atoms with Crippen molar-refractivity contribution in [3.63, 3.8) is 0 Å². The fourth-order valence-corrected chi connectivity index (χ4v) is 8.09. The van der Waals surface area contributed by atoms with E-state index in [9.17, 15) is 19.5 Å². The number of rotatable bonds is 6. The van der Waals surface area contributed by atoms with Crippen molar-refractivity contribution in [2.24, 2.45) is 17.8 Å². The number of anilines is 1. The average molecular weight is 678 g/mol. The number of cyclic esters (lactones) is 1. The quantitative estimate of drug-likeness (QED) is 0.291. The molecule has 4 aliphatic rings. The zero-order valence-electron chi connectivity index (χ0n) is 28.3. The van der Waals surface area contributed by atoms with Gasteiger partial charge >= 0.3 is 5.97 Å². The van der Waals surface area contributed by atoms with Gasteiger partial charge in [-0.3, -0.25) is 19.2 Å². The first-order chi connectivity index (χ1) is 24.3. The first-order valence-corrected chi connectivity index (χ1v) is 17.5. The Morgan fingerprint density at radius 1 is 0.960 bits per heavy atom. The number of hydrogen-bond acceptors (Lipinski definition) is 7. The summed E-state index contributed by atoms with van der Waals surface area (Å²) >= 11 is 0. The van der Waals surface area contributed by atoms with E-state index in [1.807, 2.05) is 92.7 Å². The van der Waals surface area contributed by atoms with Gasteiger partial charge in [0.2, 0.25) is 11.8 Å². The van der Waals surface area contributed by atoms with Gasteiger partial charge in [0.05, 0.1) is 31.2 Å². The molecule has 2 N–H and O–H groups in total. The molecule has 0 unspecified atom stereocenters. The van der Waals surface area contributed by atoms with Crippen LogP contribution in [-0.2, 0) is 28.7 Å². The van der Waals surface area contributed by atoms with E-state index in [1.165, 1.54) is 4.90 Å². The van der Waals surface area contributed by atoms with Gasteiger partial charge in [0, 0.05) is 18.7 Å². The molecule has 2 fully saturated rings. The highest BCUT2D eigenvalue weighted by molar-refractivity contribution is 6.06. The van der Waals surface area contributed by atoms with E-state index in [0.29, 0.717) is 24.1 Å². The van der Waals surface area contributed by atoms with Crippen LogP contribution in [0.1, 0.15) is 44.8 Å². The number of carbonyl (C=O) groups is 4. The molecule has 1 spiro atoms. The van der Waals surface area contributed by atoms with Gasteiger partial charge in [-0.05, 0) is 40.8 Å². The number of hydrogen-bond donors (Lipinski definition) is 2. The molecule has 10 nitrogen and oxygen atoms in total. The van der Waals surface area contributed by atoms with Gasteiger partial charge in [0.25, 0.3) is 5.91 Å². The zero-order chi connectivity index (χ0) is 35.0. The average Bonchev–Trinajstić information content (AvgIpc) is 3.52. The Bertz CT molecular complexity index is 1840. The summed E-state index contributed by atoms with van der Waals surface area (Å²) in [4.78, 5) is 60.2. The number of esters is 1. The molecule has 10 heteroatoms. The molecule has 7 rings (SSSR count). The van der Waals surface area contributed by atoms with Gasteiger partial charge in [-0.25, -0.2) is 0 Å². The standard InChI is InChI=1S/C40H43N3O7/c1-3-25(2)30(24-44)43-36-38(47)42(29-19-18-26-12-7-8-15-28(26)22-29)21-11-20-40(36)35(37(43)46)34-31(50-40)16-9-10-17-33(45)41-23-32(49-39(34)48)27-13-5-4-6-14-27/h4-9,11-16,18-20,22,25,30-32,34-36,44H,3,10,17,21,23-24H2,1-2H3,(H,41,45)/b16-9-/t25-,30-,31-,32+,34+,35+,36-,40+/m0/s1. The molecule has 2 saturated heterocycles. The lowest BCUT2D eigenvalue weighted by molar-refractivity contribution is -0.160. The van der Waals surface area contributed by atoms with Crippen LogP contribution in [0.5, 0.6) is 0 Å². The monoisotopic (exact) mass is 677 g/mol. The second-order valence-electron chi connectivity index (χ2n) is 13.7. The molecule has 0 radical (unpaired) electrons. The van der Waals surface area contributed by atoms with Crippen molar-refractivity contribution in [1.29, 1.82) is 0 Å². The van der Waals surface area contributed by atoms with Crippen molar-refractivity contribution < 1.29 is 33.8 Å². The van der Waals surface area contributed by atoms with Crippen LogP contribution in [0.2, 0.25) is 0 Å². The van der Waals surface area contributed by atoms with Gasteiger partial charge in [-0.2, -0.15) is 0 Å². The number of aliphatic hydroxyl groups excluding tert-OH is 1. The van der Waals surface area contributed by atoms with E-state index in [-0.39, 0.29) is 43.8 Å². The molecule has 4 aliphatic heterocycles. The zero-order valence-corrected chi connectivity index (χ0v) is 28.3. The van der Waals surface area contributed by atoms with E-state index < -0.39 is 53.6 Å². The molecule has 8 atom stereocenters. The number of aliphatic hydroxyl groups is 1. The van der Waals surface area contributed by atoms with Crippen molar-refractivity contribution in [3.8, 4) is 0 Å². The third-order valence-corrected chi connectivity index (χ3v) is 10.9. The highest BCUT2D eigenvalue weighted by atomic mass is 16.6. The van der Waals surface area contributed by atoms with E-state index in [1.54, 1.807) is 23.1 Å². The van der Waals surface area contributed by atoms with Crippen LogP contribution in [0, 0.1) is 17.8 Å². The first-order valence-electron chi connectivity index (χ1n) is 17.5. The fraction of sp³-hybridized carbons (Fsp3) is 0.400. The third-order valence-electron chi connectivity index (χ3n) is 10.9. The minimum Gasteiger partial charge on any atom is -0.455 e. The normalized spacial score (nSPS) is 30.3. The predicted octanol–water partition coefficient (Wildman–Crippen LogP) is 4.48. The van der Waals surface area contributed by atoms with Crippen LogP contribution in [-0.4, -0.2) is 77.2 Å². The van der Waals surface area contributed by atoms with Gasteiger partial charge in [0.15, 0.2) is 0 Å². The number of allylic oxidation sites excluding steroid dienone is 1. The maximum Gasteiger partial charge on any atom is 0.313 e. The molecular formula is C40H43N3O7. The molecule has 3 aromatic carbocycles. The number of benzene rings is 3. The summed E-state index contributed by atoms with van der Waals surface area (Å²) in [5.41, 5.74) is -0.151. The number of likely N-dealkylation sites (tertiary alicyclic amines) is 1. The largest absolute Gasteiger partial charge is 0.455 e. The molecule has 0 saturated carbocycles. The number of carbonyl (C=O) groups excluding carboxylic acids is 4. The highest BCUT2D eigenvalue weighted by Gasteiger charge is 2.72. The Labute approximate surface area is 291 Å². The van der Waals surface area contributed by atoms with Gasteiger partial charge in [-0.1, -0.05) is 105 Å². The molecule has 4 heterocycles. The minimum atomic E-state index is -1.52. The van der Waals surface area contributed by atoms with Gasteiger partial charge < -0.3 is 29.7 Å². The lowest BCUT2D eigenvalue weighted by Gasteiger charge is -2.40. The molecule has 0 bridgehead atoms. The summed E-state index contributed by atoms with van der Waals surface area (Å²) in [5, 5.41) is 15.7.